The molecule has 0 radical (unpaired) electrons. The number of benzene rings is 3. The van der Waals surface area contributed by atoms with Gasteiger partial charge in [-0.1, -0.05) is 36.4 Å². The Morgan fingerprint density at radius 2 is 1.54 bits per heavy atom. The van der Waals surface area contributed by atoms with Crippen molar-refractivity contribution in [2.24, 2.45) is 0 Å². The van der Waals surface area contributed by atoms with Gasteiger partial charge < -0.3 is 14.2 Å². The van der Waals surface area contributed by atoms with Crippen LogP contribution in [0.25, 0.3) is 10.8 Å². The Bertz CT molecular complexity index is 944. The summed E-state index contributed by atoms with van der Waals surface area (Å²) in [6, 6.07) is 18.0. The number of ether oxygens (including phenoxy) is 3. The summed E-state index contributed by atoms with van der Waals surface area (Å²) >= 11 is 0. The molecule has 0 heterocycles. The number of hydrogen-bond donors (Lipinski definition) is 0. The Morgan fingerprint density at radius 1 is 0.885 bits per heavy atom. The van der Waals surface area contributed by atoms with Crippen molar-refractivity contribution < 1.29 is 23.8 Å². The minimum atomic E-state index is -0.553. The van der Waals surface area contributed by atoms with Crippen molar-refractivity contribution in [1.29, 1.82) is 0 Å². The molecule has 132 valence electrons. The van der Waals surface area contributed by atoms with Crippen molar-refractivity contribution in [3.63, 3.8) is 0 Å². The van der Waals surface area contributed by atoms with Gasteiger partial charge in [-0.15, -0.1) is 0 Å². The van der Waals surface area contributed by atoms with Crippen LogP contribution in [-0.2, 0) is 16.0 Å². The van der Waals surface area contributed by atoms with Gasteiger partial charge in [0.1, 0.15) is 17.1 Å². The molecule has 0 N–H and O–H groups in total. The second-order valence-corrected chi connectivity index (χ2v) is 5.69. The van der Waals surface area contributed by atoms with Crippen LogP contribution in [0.1, 0.15) is 15.9 Å². The predicted octanol–water partition coefficient (Wildman–Crippen LogP) is 3.78. The van der Waals surface area contributed by atoms with Gasteiger partial charge in [-0.2, -0.15) is 0 Å². The smallest absolute Gasteiger partial charge is 0.341 e. The van der Waals surface area contributed by atoms with Gasteiger partial charge in [0.15, 0.2) is 0 Å². The summed E-state index contributed by atoms with van der Waals surface area (Å²) in [6.45, 7) is 0. The highest BCUT2D eigenvalue weighted by molar-refractivity contribution is 5.99. The first-order valence-corrected chi connectivity index (χ1v) is 8.05. The second-order valence-electron chi connectivity index (χ2n) is 5.69. The van der Waals surface area contributed by atoms with Crippen molar-refractivity contribution in [2.75, 3.05) is 14.2 Å². The molecule has 0 fully saturated rings. The summed E-state index contributed by atoms with van der Waals surface area (Å²) in [7, 11) is 2.87. The zero-order valence-corrected chi connectivity index (χ0v) is 14.5. The quantitative estimate of drug-likeness (QED) is 0.518. The van der Waals surface area contributed by atoms with Crippen molar-refractivity contribution >= 4 is 22.7 Å². The lowest BCUT2D eigenvalue weighted by atomic mass is 10.1. The molecule has 0 spiro atoms. The highest BCUT2D eigenvalue weighted by Crippen LogP contribution is 2.27. The van der Waals surface area contributed by atoms with Gasteiger partial charge in [0, 0.05) is 0 Å². The van der Waals surface area contributed by atoms with E-state index in [1.54, 1.807) is 43.5 Å². The lowest BCUT2D eigenvalue weighted by Crippen LogP contribution is -2.14. The van der Waals surface area contributed by atoms with Crippen LogP contribution in [0.15, 0.2) is 60.7 Å². The summed E-state index contributed by atoms with van der Waals surface area (Å²) < 4.78 is 15.4. The zero-order valence-electron chi connectivity index (χ0n) is 14.5. The van der Waals surface area contributed by atoms with E-state index in [-0.39, 0.29) is 17.7 Å². The molecule has 3 rings (SSSR count). The SMILES string of the molecule is COC(=O)c1cc2ccccc2cc1OC(=O)Cc1ccc(OC)cc1. The molecule has 0 aliphatic heterocycles. The number of methoxy groups -OCH3 is 2. The van der Waals surface area contributed by atoms with Gasteiger partial charge in [-0.25, -0.2) is 4.79 Å². The third kappa shape index (κ3) is 3.83. The molecule has 0 unspecified atom stereocenters. The summed E-state index contributed by atoms with van der Waals surface area (Å²) in [6.07, 6.45) is 0.0808. The first-order chi connectivity index (χ1) is 12.6. The fourth-order valence-corrected chi connectivity index (χ4v) is 2.64. The first kappa shape index (κ1) is 17.5. The zero-order chi connectivity index (χ0) is 18.5. The molecule has 0 bridgehead atoms. The fraction of sp³-hybridized carbons (Fsp3) is 0.143. The lowest BCUT2D eigenvalue weighted by Gasteiger charge is -2.11. The molecule has 0 saturated carbocycles. The largest absolute Gasteiger partial charge is 0.497 e. The molecule has 0 aromatic heterocycles. The number of esters is 2. The van der Waals surface area contributed by atoms with Crippen LogP contribution in [0.4, 0.5) is 0 Å². The Labute approximate surface area is 151 Å². The number of hydrogen-bond acceptors (Lipinski definition) is 5. The third-order valence-electron chi connectivity index (χ3n) is 3.98. The van der Waals surface area contributed by atoms with Crippen LogP contribution in [0, 0.1) is 0 Å². The summed E-state index contributed by atoms with van der Waals surface area (Å²) in [4.78, 5) is 24.4. The van der Waals surface area contributed by atoms with Crippen LogP contribution < -0.4 is 9.47 Å². The van der Waals surface area contributed by atoms with E-state index in [2.05, 4.69) is 0 Å². The number of carbonyl (C=O) groups excluding carboxylic acids is 2. The molecule has 0 atom stereocenters. The van der Waals surface area contributed by atoms with Crippen LogP contribution in [0.5, 0.6) is 11.5 Å². The van der Waals surface area contributed by atoms with Gasteiger partial charge in [0.25, 0.3) is 0 Å². The van der Waals surface area contributed by atoms with E-state index < -0.39 is 11.9 Å². The predicted molar refractivity (Wildman–Crippen MR) is 97.6 cm³/mol. The van der Waals surface area contributed by atoms with Gasteiger partial charge in [0.2, 0.25) is 0 Å². The average molecular weight is 350 g/mol. The molecule has 3 aromatic carbocycles. The van der Waals surface area contributed by atoms with Crippen LogP contribution in [-0.4, -0.2) is 26.2 Å². The van der Waals surface area contributed by atoms with E-state index in [0.29, 0.717) is 5.75 Å². The molecule has 5 heteroatoms. The normalized spacial score (nSPS) is 10.4. The Morgan fingerprint density at radius 3 is 2.15 bits per heavy atom. The van der Waals surface area contributed by atoms with Crippen LogP contribution >= 0.6 is 0 Å². The summed E-state index contributed by atoms with van der Waals surface area (Å²) in [5, 5.41) is 1.73. The topological polar surface area (TPSA) is 61.8 Å². The Balaban J connectivity index is 1.85. The minimum Gasteiger partial charge on any atom is -0.497 e. The molecule has 0 amide bonds. The third-order valence-corrected chi connectivity index (χ3v) is 3.98. The molecular weight excluding hydrogens is 332 g/mol. The van der Waals surface area contributed by atoms with Gasteiger partial charge >= 0.3 is 11.9 Å². The molecule has 0 aliphatic rings. The van der Waals surface area contributed by atoms with Crippen molar-refractivity contribution in [2.45, 2.75) is 6.42 Å². The molecule has 0 aliphatic carbocycles. The van der Waals surface area contributed by atoms with E-state index in [0.717, 1.165) is 16.3 Å². The van der Waals surface area contributed by atoms with E-state index in [1.807, 2.05) is 24.3 Å². The first-order valence-electron chi connectivity index (χ1n) is 8.05. The average Bonchev–Trinajstić information content (AvgIpc) is 2.67. The maximum atomic E-state index is 12.3. The fourth-order valence-electron chi connectivity index (χ4n) is 2.64. The van der Waals surface area contributed by atoms with Crippen molar-refractivity contribution in [3.05, 3.63) is 71.8 Å². The van der Waals surface area contributed by atoms with E-state index in [4.69, 9.17) is 14.2 Å². The molecule has 3 aromatic rings. The standard InChI is InChI=1S/C21H18O5/c1-24-17-9-7-14(8-10-17)11-20(22)26-19-13-16-6-4-3-5-15(16)12-18(19)21(23)25-2/h3-10,12-13H,11H2,1-2H3. The maximum Gasteiger partial charge on any atom is 0.341 e. The van der Waals surface area contributed by atoms with E-state index >= 15 is 0 Å². The highest BCUT2D eigenvalue weighted by atomic mass is 16.5. The minimum absolute atomic E-state index is 0.0808. The van der Waals surface area contributed by atoms with Crippen LogP contribution in [0.3, 0.4) is 0 Å². The Kier molecular flexibility index (Phi) is 5.17. The van der Waals surface area contributed by atoms with Crippen molar-refractivity contribution in [1.82, 2.24) is 0 Å². The van der Waals surface area contributed by atoms with E-state index in [1.165, 1.54) is 7.11 Å². The van der Waals surface area contributed by atoms with Crippen LogP contribution in [0.2, 0.25) is 0 Å². The maximum absolute atomic E-state index is 12.3. The van der Waals surface area contributed by atoms with Gasteiger partial charge in [-0.05, 0) is 40.6 Å². The molecule has 5 nitrogen and oxygen atoms in total. The molecular formula is C21H18O5. The summed E-state index contributed by atoms with van der Waals surface area (Å²) in [5.74, 6) is -0.114. The Hall–Kier alpha value is -3.34. The van der Waals surface area contributed by atoms with Gasteiger partial charge in [0.05, 0.1) is 20.6 Å². The number of carbonyl (C=O) groups is 2. The lowest BCUT2D eigenvalue weighted by molar-refractivity contribution is -0.133. The highest BCUT2D eigenvalue weighted by Gasteiger charge is 2.17. The second kappa shape index (κ2) is 7.70. The summed E-state index contributed by atoms with van der Waals surface area (Å²) in [5.41, 5.74) is 1.01. The number of fused-ring (bicyclic) bond motifs is 1. The number of rotatable bonds is 5. The molecule has 0 saturated heterocycles. The monoisotopic (exact) mass is 350 g/mol. The van der Waals surface area contributed by atoms with Gasteiger partial charge in [-0.3, -0.25) is 4.79 Å². The molecule has 26 heavy (non-hydrogen) atoms. The van der Waals surface area contributed by atoms with E-state index in [9.17, 15) is 9.59 Å². The van der Waals surface area contributed by atoms with Crippen molar-refractivity contribution in [3.8, 4) is 11.5 Å².